The van der Waals surface area contributed by atoms with Crippen LogP contribution in [0.3, 0.4) is 0 Å². The number of ether oxygens (including phenoxy) is 1. The summed E-state index contributed by atoms with van der Waals surface area (Å²) >= 11 is 0. The highest BCUT2D eigenvalue weighted by Gasteiger charge is 2.35. The Hall–Kier alpha value is -3.60. The van der Waals surface area contributed by atoms with Gasteiger partial charge in [-0.15, -0.1) is 0 Å². The Morgan fingerprint density at radius 3 is 2.56 bits per heavy atom. The molecule has 186 valence electrons. The molecule has 1 aromatic heterocycles. The van der Waals surface area contributed by atoms with Gasteiger partial charge in [0, 0.05) is 31.1 Å². The fourth-order valence-electron chi connectivity index (χ4n) is 5.22. The number of carbonyl (C=O) groups is 1. The molecule has 2 heterocycles. The number of para-hydroxylation sites is 2. The second-order valence-corrected chi connectivity index (χ2v) is 10.2. The summed E-state index contributed by atoms with van der Waals surface area (Å²) in [5.74, 6) is 2.65. The number of imidazole rings is 1. The number of amides is 1. The number of hydrogen-bond acceptors (Lipinski definition) is 3. The van der Waals surface area contributed by atoms with Crippen molar-refractivity contribution in [3.8, 4) is 5.75 Å². The van der Waals surface area contributed by atoms with Crippen molar-refractivity contribution in [2.75, 3.05) is 18.1 Å². The molecule has 3 aromatic carbocycles. The molecule has 0 N–H and O–H groups in total. The van der Waals surface area contributed by atoms with Crippen LogP contribution in [-0.2, 0) is 11.3 Å². The number of hydrogen-bond donors (Lipinski definition) is 0. The Morgan fingerprint density at radius 2 is 1.81 bits per heavy atom. The van der Waals surface area contributed by atoms with Crippen molar-refractivity contribution in [2.45, 2.75) is 58.9 Å². The minimum Gasteiger partial charge on any atom is -0.494 e. The minimum atomic E-state index is 0.0649. The summed E-state index contributed by atoms with van der Waals surface area (Å²) in [6.45, 7) is 10.6. The van der Waals surface area contributed by atoms with Gasteiger partial charge in [0.15, 0.2) is 0 Å². The molecule has 1 atom stereocenters. The summed E-state index contributed by atoms with van der Waals surface area (Å²) in [6.07, 6.45) is 1.34. The van der Waals surface area contributed by atoms with Crippen LogP contribution >= 0.6 is 0 Å². The van der Waals surface area contributed by atoms with Crippen molar-refractivity contribution >= 4 is 22.6 Å². The quantitative estimate of drug-likeness (QED) is 0.261. The molecule has 5 rings (SSSR count). The van der Waals surface area contributed by atoms with Crippen molar-refractivity contribution in [3.05, 3.63) is 89.2 Å². The lowest BCUT2D eigenvalue weighted by Gasteiger charge is -2.20. The van der Waals surface area contributed by atoms with E-state index in [4.69, 9.17) is 9.72 Å². The van der Waals surface area contributed by atoms with Crippen LogP contribution < -0.4 is 9.64 Å². The van der Waals surface area contributed by atoms with E-state index in [1.165, 1.54) is 11.1 Å². The molecule has 5 heteroatoms. The van der Waals surface area contributed by atoms with Gasteiger partial charge in [0.1, 0.15) is 11.6 Å². The van der Waals surface area contributed by atoms with Crippen molar-refractivity contribution in [3.63, 3.8) is 0 Å². The highest BCUT2D eigenvalue weighted by molar-refractivity contribution is 5.97. The Bertz CT molecular complexity index is 1370. The molecule has 1 fully saturated rings. The topological polar surface area (TPSA) is 47.4 Å². The number of carbonyl (C=O) groups excluding carboxylic acids is 1. The van der Waals surface area contributed by atoms with Crippen LogP contribution in [-0.4, -0.2) is 28.6 Å². The number of fused-ring (bicyclic) bond motifs is 1. The summed E-state index contributed by atoms with van der Waals surface area (Å²) in [7, 11) is 0. The summed E-state index contributed by atoms with van der Waals surface area (Å²) in [5.41, 5.74) is 6.77. The normalized spacial score (nSPS) is 15.9. The van der Waals surface area contributed by atoms with Gasteiger partial charge >= 0.3 is 0 Å². The molecule has 36 heavy (non-hydrogen) atoms. The monoisotopic (exact) mass is 481 g/mol. The Kier molecular flexibility index (Phi) is 6.82. The van der Waals surface area contributed by atoms with Crippen LogP contribution in [0.1, 0.15) is 61.0 Å². The van der Waals surface area contributed by atoms with E-state index in [9.17, 15) is 4.79 Å². The zero-order valence-electron chi connectivity index (χ0n) is 21.7. The van der Waals surface area contributed by atoms with Crippen LogP contribution in [0.4, 0.5) is 5.69 Å². The second kappa shape index (κ2) is 10.2. The molecular formula is C31H35N3O2. The Balaban J connectivity index is 1.32. The van der Waals surface area contributed by atoms with Crippen LogP contribution in [0.2, 0.25) is 0 Å². The molecule has 1 aliphatic rings. The molecule has 1 saturated heterocycles. The molecule has 1 unspecified atom stereocenters. The van der Waals surface area contributed by atoms with E-state index < -0.39 is 0 Å². The first-order chi connectivity index (χ1) is 17.4. The van der Waals surface area contributed by atoms with Crippen LogP contribution in [0.15, 0.2) is 66.7 Å². The SMILES string of the molecule is Cc1ccc(N2CC(c3nc4ccccc4n3CCCOc3ccc(C(C)C)cc3)CC2=O)c(C)c1. The van der Waals surface area contributed by atoms with E-state index >= 15 is 0 Å². The maximum Gasteiger partial charge on any atom is 0.227 e. The third-order valence-corrected chi connectivity index (χ3v) is 7.16. The van der Waals surface area contributed by atoms with Gasteiger partial charge in [0.05, 0.1) is 17.6 Å². The highest BCUT2D eigenvalue weighted by Crippen LogP contribution is 2.35. The highest BCUT2D eigenvalue weighted by atomic mass is 16.5. The summed E-state index contributed by atoms with van der Waals surface area (Å²) in [6, 6.07) is 22.9. The maximum absolute atomic E-state index is 13.1. The van der Waals surface area contributed by atoms with E-state index in [1.807, 2.05) is 11.0 Å². The predicted molar refractivity (Wildman–Crippen MR) is 146 cm³/mol. The molecule has 1 amide bonds. The predicted octanol–water partition coefficient (Wildman–Crippen LogP) is 6.77. The number of nitrogens with zero attached hydrogens (tertiary/aromatic N) is 3. The average molecular weight is 482 g/mol. The van der Waals surface area contributed by atoms with Crippen molar-refractivity contribution in [1.29, 1.82) is 0 Å². The first kappa shape index (κ1) is 24.1. The van der Waals surface area contributed by atoms with Crippen molar-refractivity contribution in [1.82, 2.24) is 9.55 Å². The fraction of sp³-hybridized carbons (Fsp3) is 0.355. The number of aryl methyl sites for hydroxylation is 3. The summed E-state index contributed by atoms with van der Waals surface area (Å²) < 4.78 is 8.33. The zero-order valence-corrected chi connectivity index (χ0v) is 21.7. The molecule has 0 bridgehead atoms. The van der Waals surface area contributed by atoms with Gasteiger partial charge in [-0.3, -0.25) is 4.79 Å². The van der Waals surface area contributed by atoms with E-state index in [0.29, 0.717) is 25.5 Å². The molecule has 0 saturated carbocycles. The summed E-state index contributed by atoms with van der Waals surface area (Å²) in [5, 5.41) is 0. The van der Waals surface area contributed by atoms with Crippen molar-refractivity contribution in [2.24, 2.45) is 0 Å². The molecule has 0 spiro atoms. The first-order valence-corrected chi connectivity index (χ1v) is 13.0. The van der Waals surface area contributed by atoms with Gasteiger partial charge in [0.25, 0.3) is 0 Å². The number of rotatable bonds is 8. The van der Waals surface area contributed by atoms with Crippen LogP contribution in [0, 0.1) is 13.8 Å². The second-order valence-electron chi connectivity index (χ2n) is 10.2. The average Bonchev–Trinajstić information content (AvgIpc) is 3.42. The zero-order chi connectivity index (χ0) is 25.2. The van der Waals surface area contributed by atoms with Gasteiger partial charge in [-0.1, -0.05) is 55.8 Å². The molecule has 5 nitrogen and oxygen atoms in total. The first-order valence-electron chi connectivity index (χ1n) is 13.0. The van der Waals surface area contributed by atoms with E-state index in [2.05, 4.69) is 92.9 Å². The van der Waals surface area contributed by atoms with Crippen LogP contribution in [0.25, 0.3) is 11.0 Å². The molecule has 1 aliphatic heterocycles. The fourth-order valence-corrected chi connectivity index (χ4v) is 5.22. The third kappa shape index (κ3) is 4.88. The van der Waals surface area contributed by atoms with Gasteiger partial charge in [0.2, 0.25) is 5.91 Å². The van der Waals surface area contributed by atoms with E-state index in [0.717, 1.165) is 46.8 Å². The van der Waals surface area contributed by atoms with Gasteiger partial charge < -0.3 is 14.2 Å². The van der Waals surface area contributed by atoms with Gasteiger partial charge in [-0.05, 0) is 67.6 Å². The Labute approximate surface area is 213 Å². The van der Waals surface area contributed by atoms with Crippen molar-refractivity contribution < 1.29 is 9.53 Å². The van der Waals surface area contributed by atoms with E-state index in [-0.39, 0.29) is 11.8 Å². The van der Waals surface area contributed by atoms with Crippen LogP contribution in [0.5, 0.6) is 5.75 Å². The molecular weight excluding hydrogens is 446 g/mol. The Morgan fingerprint density at radius 1 is 1.03 bits per heavy atom. The minimum absolute atomic E-state index is 0.0649. The largest absolute Gasteiger partial charge is 0.494 e. The van der Waals surface area contributed by atoms with E-state index in [1.54, 1.807) is 0 Å². The van der Waals surface area contributed by atoms with Gasteiger partial charge in [-0.25, -0.2) is 4.98 Å². The third-order valence-electron chi connectivity index (χ3n) is 7.16. The molecule has 0 aliphatic carbocycles. The lowest BCUT2D eigenvalue weighted by Crippen LogP contribution is -2.25. The lowest BCUT2D eigenvalue weighted by molar-refractivity contribution is -0.117. The smallest absolute Gasteiger partial charge is 0.227 e. The number of anilines is 1. The number of aromatic nitrogens is 2. The molecule has 4 aromatic rings. The molecule has 0 radical (unpaired) electrons. The van der Waals surface area contributed by atoms with Gasteiger partial charge in [-0.2, -0.15) is 0 Å². The maximum atomic E-state index is 13.1. The lowest BCUT2D eigenvalue weighted by atomic mass is 10.0. The standard InChI is InChI=1S/C31H35N3O2/c1-21(2)24-11-13-26(14-12-24)36-17-7-16-33-29-9-6-5-8-27(29)32-31(33)25-19-30(35)34(20-25)28-15-10-22(3)18-23(28)4/h5-6,8-15,18,21,25H,7,16-17,19-20H2,1-4H3. The number of benzene rings is 3. The summed E-state index contributed by atoms with van der Waals surface area (Å²) in [4.78, 5) is 20.0.